The molecule has 31 heavy (non-hydrogen) atoms. The number of carbonyl (C=O) groups excluding carboxylic acids is 2. The second kappa shape index (κ2) is 8.11. The number of fused-ring (bicyclic) bond motifs is 1. The summed E-state index contributed by atoms with van der Waals surface area (Å²) in [6, 6.07) is 5.79. The van der Waals surface area contributed by atoms with E-state index in [4.69, 9.17) is 0 Å². The summed E-state index contributed by atoms with van der Waals surface area (Å²) in [5.41, 5.74) is -0.277. The molecule has 0 saturated carbocycles. The number of hydrogen-bond donors (Lipinski definition) is 0. The Hall–Kier alpha value is -2.09. The summed E-state index contributed by atoms with van der Waals surface area (Å²) < 4.78 is 38.6. The van der Waals surface area contributed by atoms with E-state index >= 15 is 0 Å². The van der Waals surface area contributed by atoms with Crippen molar-refractivity contribution in [2.45, 2.75) is 76.3 Å². The third-order valence-corrected chi connectivity index (χ3v) is 7.54. The molecule has 1 aromatic rings. The van der Waals surface area contributed by atoms with Gasteiger partial charge in [0.25, 0.3) is 0 Å². The van der Waals surface area contributed by atoms with E-state index in [1.165, 1.54) is 12.1 Å². The van der Waals surface area contributed by atoms with E-state index in [9.17, 15) is 22.8 Å². The maximum atomic E-state index is 12.9. The molecule has 0 N–H and O–H groups in total. The quantitative estimate of drug-likeness (QED) is 0.725. The van der Waals surface area contributed by atoms with Gasteiger partial charge in [-0.3, -0.25) is 14.5 Å². The average molecular weight is 438 g/mol. The molecular weight excluding hydrogens is 407 g/mol. The fraction of sp³-hybridized carbons (Fsp3) is 0.652. The second-order valence-electron chi connectivity index (χ2n) is 9.31. The molecule has 5 nitrogen and oxygen atoms in total. The average Bonchev–Trinajstić information content (AvgIpc) is 3.07. The van der Waals surface area contributed by atoms with Gasteiger partial charge in [0, 0.05) is 51.6 Å². The maximum absolute atomic E-state index is 12.9. The van der Waals surface area contributed by atoms with Crippen LogP contribution < -0.4 is 0 Å². The lowest BCUT2D eigenvalue weighted by atomic mass is 9.82. The number of alkyl halides is 3. The molecule has 0 unspecified atom stereocenters. The van der Waals surface area contributed by atoms with Crippen LogP contribution in [0.1, 0.15) is 57.1 Å². The molecule has 0 aromatic heterocycles. The summed E-state index contributed by atoms with van der Waals surface area (Å²) in [5, 5.41) is 0. The van der Waals surface area contributed by atoms with Gasteiger partial charge in [0.1, 0.15) is 0 Å². The Morgan fingerprint density at radius 1 is 1.10 bits per heavy atom. The molecule has 3 aliphatic rings. The van der Waals surface area contributed by atoms with E-state index < -0.39 is 11.7 Å². The number of likely N-dealkylation sites (tertiary alicyclic amines) is 3. The fourth-order valence-electron chi connectivity index (χ4n) is 5.71. The first-order valence-electron chi connectivity index (χ1n) is 11.1. The maximum Gasteiger partial charge on any atom is 0.416 e. The monoisotopic (exact) mass is 437 g/mol. The molecule has 4 rings (SSSR count). The molecule has 8 heteroatoms. The van der Waals surface area contributed by atoms with Crippen LogP contribution in [-0.4, -0.2) is 63.8 Å². The molecule has 3 fully saturated rings. The Morgan fingerprint density at radius 2 is 1.74 bits per heavy atom. The first kappa shape index (κ1) is 22.1. The third kappa shape index (κ3) is 4.19. The first-order chi connectivity index (χ1) is 14.6. The first-order valence-corrected chi connectivity index (χ1v) is 11.1. The molecule has 3 saturated heterocycles. The van der Waals surface area contributed by atoms with E-state index in [1.54, 1.807) is 6.92 Å². The van der Waals surface area contributed by atoms with E-state index in [0.29, 0.717) is 19.0 Å². The van der Waals surface area contributed by atoms with Gasteiger partial charge in [-0.05, 0) is 50.3 Å². The van der Waals surface area contributed by atoms with Crippen molar-refractivity contribution in [1.29, 1.82) is 0 Å². The lowest BCUT2D eigenvalue weighted by molar-refractivity contribution is -0.145. The summed E-state index contributed by atoms with van der Waals surface area (Å²) >= 11 is 0. The van der Waals surface area contributed by atoms with Crippen molar-refractivity contribution in [1.82, 2.24) is 14.7 Å². The number of rotatable bonds is 3. The number of piperidine rings is 2. The molecule has 1 aromatic carbocycles. The molecule has 0 radical (unpaired) electrons. The normalized spacial score (nSPS) is 28.2. The van der Waals surface area contributed by atoms with Crippen molar-refractivity contribution in [3.63, 3.8) is 0 Å². The molecule has 2 amide bonds. The van der Waals surface area contributed by atoms with Crippen molar-refractivity contribution < 1.29 is 22.8 Å². The molecule has 3 heterocycles. The van der Waals surface area contributed by atoms with Gasteiger partial charge in [-0.2, -0.15) is 13.2 Å². The van der Waals surface area contributed by atoms with Crippen LogP contribution in [-0.2, 0) is 22.3 Å². The number of carbonyl (C=O) groups is 2. The van der Waals surface area contributed by atoms with E-state index in [0.717, 1.165) is 63.0 Å². The predicted octanol–water partition coefficient (Wildman–Crippen LogP) is 3.67. The zero-order chi connectivity index (χ0) is 22.4. The highest BCUT2D eigenvalue weighted by Crippen LogP contribution is 2.43. The summed E-state index contributed by atoms with van der Waals surface area (Å²) in [6.07, 6.45) is -0.342. The topological polar surface area (TPSA) is 43.9 Å². The van der Waals surface area contributed by atoms with Crippen molar-refractivity contribution in [2.75, 3.05) is 19.6 Å². The molecule has 0 spiro atoms. The highest BCUT2D eigenvalue weighted by molar-refractivity contribution is 5.78. The van der Waals surface area contributed by atoms with Gasteiger partial charge in [0.05, 0.1) is 11.1 Å². The summed E-state index contributed by atoms with van der Waals surface area (Å²) in [7, 11) is 0. The minimum Gasteiger partial charge on any atom is -0.343 e. The highest BCUT2D eigenvalue weighted by Gasteiger charge is 2.53. The largest absolute Gasteiger partial charge is 0.416 e. The van der Waals surface area contributed by atoms with Crippen molar-refractivity contribution in [2.24, 2.45) is 0 Å². The fourth-order valence-corrected chi connectivity index (χ4v) is 5.71. The Balaban J connectivity index is 1.48. The number of nitrogens with zero attached hydrogens (tertiary/aromatic N) is 3. The van der Waals surface area contributed by atoms with Gasteiger partial charge in [-0.25, -0.2) is 0 Å². The zero-order valence-electron chi connectivity index (χ0n) is 18.1. The van der Waals surface area contributed by atoms with Crippen LogP contribution >= 0.6 is 0 Å². The van der Waals surface area contributed by atoms with Crippen molar-refractivity contribution in [3.05, 3.63) is 35.4 Å². The van der Waals surface area contributed by atoms with Crippen LogP contribution in [0.25, 0.3) is 0 Å². The lowest BCUT2D eigenvalue weighted by Gasteiger charge is -2.50. The minimum atomic E-state index is -4.36. The van der Waals surface area contributed by atoms with Crippen LogP contribution in [0.3, 0.4) is 0 Å². The van der Waals surface area contributed by atoms with Crippen LogP contribution in [0.5, 0.6) is 0 Å². The Labute approximate surface area is 181 Å². The highest BCUT2D eigenvalue weighted by atomic mass is 19.4. The van der Waals surface area contributed by atoms with Crippen LogP contribution in [0.2, 0.25) is 0 Å². The zero-order valence-corrected chi connectivity index (χ0v) is 18.1. The van der Waals surface area contributed by atoms with Gasteiger partial charge < -0.3 is 9.80 Å². The van der Waals surface area contributed by atoms with Crippen molar-refractivity contribution >= 4 is 11.8 Å². The third-order valence-electron chi connectivity index (χ3n) is 7.54. The molecule has 170 valence electrons. The summed E-state index contributed by atoms with van der Waals surface area (Å²) in [6.45, 7) is 6.52. The molecular formula is C23H30F3N3O2. The molecule has 0 bridgehead atoms. The van der Waals surface area contributed by atoms with Gasteiger partial charge in [-0.15, -0.1) is 0 Å². The molecule has 3 aliphatic heterocycles. The Morgan fingerprint density at radius 3 is 2.32 bits per heavy atom. The predicted molar refractivity (Wildman–Crippen MR) is 110 cm³/mol. The SMILES string of the molecule is CC(=O)N1CCC(N2CC[C@@]3(C)[C@@H]2CCC(=O)N3Cc2ccc(C(F)(F)F)cc2)CC1. The van der Waals surface area contributed by atoms with Crippen LogP contribution in [0.15, 0.2) is 24.3 Å². The smallest absolute Gasteiger partial charge is 0.343 e. The van der Waals surface area contributed by atoms with Gasteiger partial charge in [0.2, 0.25) is 11.8 Å². The second-order valence-corrected chi connectivity index (χ2v) is 9.31. The number of hydrogen-bond acceptors (Lipinski definition) is 3. The van der Waals surface area contributed by atoms with Gasteiger partial charge in [-0.1, -0.05) is 12.1 Å². The van der Waals surface area contributed by atoms with E-state index in [2.05, 4.69) is 11.8 Å². The summed E-state index contributed by atoms with van der Waals surface area (Å²) in [4.78, 5) is 30.8. The lowest BCUT2D eigenvalue weighted by Crippen LogP contribution is -2.61. The van der Waals surface area contributed by atoms with Crippen molar-refractivity contribution in [3.8, 4) is 0 Å². The standard InChI is InChI=1S/C23H30F3N3O2/c1-16(30)27-12-9-19(10-13-27)28-14-11-22(2)20(28)7-8-21(31)29(22)15-17-3-5-18(6-4-17)23(24,25)26/h3-6,19-20H,7-15H2,1-2H3/t20-,22-/m0/s1. The number of benzene rings is 1. The number of halogens is 3. The van der Waals surface area contributed by atoms with Gasteiger partial charge in [0.15, 0.2) is 0 Å². The summed E-state index contributed by atoms with van der Waals surface area (Å²) in [5.74, 6) is 0.197. The number of amides is 2. The molecule has 2 atom stereocenters. The van der Waals surface area contributed by atoms with E-state index in [-0.39, 0.29) is 23.4 Å². The minimum absolute atomic E-state index is 0.0758. The van der Waals surface area contributed by atoms with Crippen LogP contribution in [0.4, 0.5) is 13.2 Å². The molecule has 0 aliphatic carbocycles. The van der Waals surface area contributed by atoms with E-state index in [1.807, 2.05) is 9.80 Å². The Bertz CT molecular complexity index is 833. The Kier molecular flexibility index (Phi) is 5.79. The van der Waals surface area contributed by atoms with Crippen LogP contribution in [0, 0.1) is 0 Å². The van der Waals surface area contributed by atoms with Gasteiger partial charge >= 0.3 is 6.18 Å².